The Labute approximate surface area is 120 Å². The molecule has 1 aliphatic rings. The molecule has 0 saturated carbocycles. The molecule has 0 bridgehead atoms. The number of nitrogens with one attached hydrogen (secondary N) is 2. The molecule has 2 aromatic rings. The monoisotopic (exact) mass is 309 g/mol. The van der Waals surface area contributed by atoms with Gasteiger partial charge in [-0.05, 0) is 17.7 Å². The predicted octanol–water partition coefficient (Wildman–Crippen LogP) is 0.978. The van der Waals surface area contributed by atoms with Crippen molar-refractivity contribution in [1.82, 2.24) is 14.7 Å². The maximum absolute atomic E-state index is 10.9. The van der Waals surface area contributed by atoms with Crippen molar-refractivity contribution < 1.29 is 8.42 Å². The molecule has 0 atom stereocenters. The molecule has 0 spiro atoms. The molecular weight excluding hydrogens is 298 g/mol. The molecule has 0 fully saturated rings. The molecule has 3 rings (SSSR count). The minimum absolute atomic E-state index is 0.145. The second kappa shape index (κ2) is 5.02. The van der Waals surface area contributed by atoms with Crippen LogP contribution in [0.4, 0.5) is 11.5 Å². The molecule has 1 aromatic carbocycles. The Kier molecular flexibility index (Phi) is 3.34. The van der Waals surface area contributed by atoms with E-state index in [1.54, 1.807) is 12.4 Å². The van der Waals surface area contributed by atoms with Gasteiger partial charge in [0.15, 0.2) is 5.82 Å². The molecule has 104 valence electrons. The molecule has 4 N–H and O–H groups in total. The summed E-state index contributed by atoms with van der Waals surface area (Å²) >= 11 is 1.52. The molecule has 1 aromatic heterocycles. The summed E-state index contributed by atoms with van der Waals surface area (Å²) in [6.45, 7) is 0.145. The minimum atomic E-state index is -3.69. The molecular formula is C11H11N5O2S2. The number of fused-ring (bicyclic) bond motifs is 2. The average molecular weight is 309 g/mol. The van der Waals surface area contributed by atoms with Gasteiger partial charge in [-0.3, -0.25) is 0 Å². The van der Waals surface area contributed by atoms with Crippen molar-refractivity contribution in [2.45, 2.75) is 16.5 Å². The molecule has 20 heavy (non-hydrogen) atoms. The zero-order valence-corrected chi connectivity index (χ0v) is 11.8. The van der Waals surface area contributed by atoms with Gasteiger partial charge in [-0.15, -0.1) is 0 Å². The fraction of sp³-hybridized carbons (Fsp3) is 0.0909. The summed E-state index contributed by atoms with van der Waals surface area (Å²) in [5, 5.41) is 8.90. The first-order chi connectivity index (χ1) is 9.51. The molecule has 0 aliphatic carbocycles. The summed E-state index contributed by atoms with van der Waals surface area (Å²) in [5.41, 5.74) is 1.68. The third-order valence-corrected chi connectivity index (χ3v) is 4.26. The summed E-state index contributed by atoms with van der Waals surface area (Å²) in [6.07, 6.45) is 3.26. The highest BCUT2D eigenvalue weighted by molar-refractivity contribution is 7.99. The van der Waals surface area contributed by atoms with E-state index in [0.717, 1.165) is 21.2 Å². The van der Waals surface area contributed by atoms with Crippen LogP contribution in [0.15, 0.2) is 40.5 Å². The third-order valence-electron chi connectivity index (χ3n) is 2.65. The van der Waals surface area contributed by atoms with Crippen LogP contribution in [-0.2, 0) is 16.8 Å². The van der Waals surface area contributed by atoms with E-state index in [9.17, 15) is 8.42 Å². The fourth-order valence-electron chi connectivity index (χ4n) is 1.78. The SMILES string of the molecule is NS(=O)(=O)NCc1ccc2c(c1)Nc1nccnc1S2. The van der Waals surface area contributed by atoms with Gasteiger partial charge in [0, 0.05) is 23.8 Å². The van der Waals surface area contributed by atoms with E-state index in [0.29, 0.717) is 5.82 Å². The van der Waals surface area contributed by atoms with Crippen molar-refractivity contribution in [2.24, 2.45) is 5.14 Å². The predicted molar refractivity (Wildman–Crippen MR) is 75.8 cm³/mol. The van der Waals surface area contributed by atoms with Gasteiger partial charge in [-0.2, -0.15) is 13.1 Å². The van der Waals surface area contributed by atoms with E-state index in [-0.39, 0.29) is 6.54 Å². The topological polar surface area (TPSA) is 110 Å². The van der Waals surface area contributed by atoms with Gasteiger partial charge in [0.1, 0.15) is 5.03 Å². The van der Waals surface area contributed by atoms with Crippen molar-refractivity contribution in [1.29, 1.82) is 0 Å². The molecule has 9 heteroatoms. The van der Waals surface area contributed by atoms with Crippen LogP contribution in [0.1, 0.15) is 5.56 Å². The zero-order chi connectivity index (χ0) is 14.2. The first-order valence-corrected chi connectivity index (χ1v) is 8.04. The standard InChI is InChI=1S/C11H11N5O2S2/c12-20(17,18)15-6-7-1-2-9-8(5-7)16-10-11(19-9)14-4-3-13-10/h1-5,15H,6H2,(H,13,16)(H2,12,17,18). The average Bonchev–Trinajstić information content (AvgIpc) is 2.42. The first-order valence-electron chi connectivity index (χ1n) is 5.67. The molecule has 0 radical (unpaired) electrons. The van der Waals surface area contributed by atoms with Crippen LogP contribution in [-0.4, -0.2) is 18.4 Å². The van der Waals surface area contributed by atoms with Crippen molar-refractivity contribution in [3.8, 4) is 0 Å². The van der Waals surface area contributed by atoms with Crippen LogP contribution in [0.2, 0.25) is 0 Å². The molecule has 1 aliphatic heterocycles. The summed E-state index contributed by atoms with van der Waals surface area (Å²) in [7, 11) is -3.69. The molecule has 0 unspecified atom stereocenters. The Hall–Kier alpha value is -1.68. The number of aromatic nitrogens is 2. The van der Waals surface area contributed by atoms with Crippen molar-refractivity contribution in [2.75, 3.05) is 5.32 Å². The van der Waals surface area contributed by atoms with E-state index in [1.807, 2.05) is 18.2 Å². The van der Waals surface area contributed by atoms with Crippen molar-refractivity contribution in [3.05, 3.63) is 36.2 Å². The minimum Gasteiger partial charge on any atom is -0.337 e. The van der Waals surface area contributed by atoms with E-state index >= 15 is 0 Å². The highest BCUT2D eigenvalue weighted by atomic mass is 32.2. The highest BCUT2D eigenvalue weighted by Crippen LogP contribution is 2.41. The lowest BCUT2D eigenvalue weighted by molar-refractivity contribution is 0.583. The van der Waals surface area contributed by atoms with Crippen LogP contribution in [0.5, 0.6) is 0 Å². The Morgan fingerprint density at radius 3 is 2.90 bits per heavy atom. The van der Waals surface area contributed by atoms with E-state index in [2.05, 4.69) is 20.0 Å². The largest absolute Gasteiger partial charge is 0.337 e. The van der Waals surface area contributed by atoms with Crippen LogP contribution in [0.25, 0.3) is 0 Å². The van der Waals surface area contributed by atoms with Gasteiger partial charge in [-0.1, -0.05) is 17.8 Å². The van der Waals surface area contributed by atoms with Gasteiger partial charge in [-0.25, -0.2) is 15.1 Å². The lowest BCUT2D eigenvalue weighted by Crippen LogP contribution is -2.30. The van der Waals surface area contributed by atoms with Crippen LogP contribution in [0.3, 0.4) is 0 Å². The number of hydrogen-bond acceptors (Lipinski definition) is 6. The lowest BCUT2D eigenvalue weighted by atomic mass is 10.2. The van der Waals surface area contributed by atoms with Crippen LogP contribution < -0.4 is 15.2 Å². The van der Waals surface area contributed by atoms with Crippen LogP contribution in [0, 0.1) is 0 Å². The number of anilines is 2. The Balaban J connectivity index is 1.85. The van der Waals surface area contributed by atoms with Gasteiger partial charge in [0.2, 0.25) is 0 Å². The number of rotatable bonds is 3. The van der Waals surface area contributed by atoms with Gasteiger partial charge in [0.05, 0.1) is 5.69 Å². The first kappa shape index (κ1) is 13.3. The summed E-state index contributed by atoms with van der Waals surface area (Å²) in [4.78, 5) is 9.46. The molecule has 2 heterocycles. The van der Waals surface area contributed by atoms with Gasteiger partial charge < -0.3 is 5.32 Å². The second-order valence-electron chi connectivity index (χ2n) is 4.13. The maximum Gasteiger partial charge on any atom is 0.274 e. The number of hydrogen-bond donors (Lipinski definition) is 3. The van der Waals surface area contributed by atoms with Gasteiger partial charge >= 0.3 is 0 Å². The van der Waals surface area contributed by atoms with Crippen molar-refractivity contribution >= 4 is 33.5 Å². The maximum atomic E-state index is 10.9. The zero-order valence-electron chi connectivity index (χ0n) is 10.2. The van der Waals surface area contributed by atoms with E-state index in [4.69, 9.17) is 5.14 Å². The molecule has 0 amide bonds. The van der Waals surface area contributed by atoms with Crippen molar-refractivity contribution in [3.63, 3.8) is 0 Å². The Bertz CT molecular complexity index is 763. The number of benzene rings is 1. The molecule has 0 saturated heterocycles. The highest BCUT2D eigenvalue weighted by Gasteiger charge is 2.17. The summed E-state index contributed by atoms with van der Waals surface area (Å²) < 4.78 is 24.0. The Morgan fingerprint density at radius 1 is 1.30 bits per heavy atom. The molecule has 7 nitrogen and oxygen atoms in total. The van der Waals surface area contributed by atoms with Gasteiger partial charge in [0.25, 0.3) is 10.2 Å². The van der Waals surface area contributed by atoms with Crippen LogP contribution >= 0.6 is 11.8 Å². The summed E-state index contributed by atoms with van der Waals surface area (Å²) in [5.74, 6) is 0.696. The number of nitrogens with zero attached hydrogens (tertiary/aromatic N) is 2. The third kappa shape index (κ3) is 2.90. The lowest BCUT2D eigenvalue weighted by Gasteiger charge is -2.19. The van der Waals surface area contributed by atoms with E-state index < -0.39 is 10.2 Å². The summed E-state index contributed by atoms with van der Waals surface area (Å²) in [6, 6.07) is 5.61. The smallest absolute Gasteiger partial charge is 0.274 e. The fourth-order valence-corrected chi connectivity index (χ4v) is 3.02. The Morgan fingerprint density at radius 2 is 2.10 bits per heavy atom. The second-order valence-corrected chi connectivity index (χ2v) is 6.54. The van der Waals surface area contributed by atoms with E-state index in [1.165, 1.54) is 11.8 Å². The normalized spacial score (nSPS) is 13.2. The number of nitrogens with two attached hydrogens (primary N) is 1. The quantitative estimate of drug-likeness (QED) is 0.665.